The first-order valence-corrected chi connectivity index (χ1v) is 9.41. The van der Waals surface area contributed by atoms with E-state index in [1.165, 1.54) is 11.9 Å². The fourth-order valence-electron chi connectivity index (χ4n) is 3.97. The molecule has 2 aliphatic heterocycles. The fraction of sp³-hybridized carbons (Fsp3) is 0.250. The third kappa shape index (κ3) is 2.49. The van der Waals surface area contributed by atoms with Crippen LogP contribution in [-0.4, -0.2) is 29.1 Å². The number of rotatable bonds is 2. The largest absolute Gasteiger partial charge is 0.310 e. The van der Waals surface area contributed by atoms with E-state index in [-0.39, 0.29) is 18.2 Å². The maximum atomic E-state index is 13.5. The Morgan fingerprint density at radius 2 is 1.96 bits per heavy atom. The van der Waals surface area contributed by atoms with Gasteiger partial charge in [0.05, 0.1) is 10.7 Å². The summed E-state index contributed by atoms with van der Waals surface area (Å²) < 4.78 is 0. The van der Waals surface area contributed by atoms with Gasteiger partial charge in [-0.15, -0.1) is 0 Å². The Labute approximate surface area is 167 Å². The Kier molecular flexibility index (Phi) is 4.24. The lowest BCUT2D eigenvalue weighted by Gasteiger charge is -2.30. The quantitative estimate of drug-likeness (QED) is 0.756. The molecule has 138 valence electrons. The Morgan fingerprint density at radius 1 is 1.22 bits per heavy atom. The van der Waals surface area contributed by atoms with Crippen LogP contribution in [0.4, 0.5) is 5.69 Å². The zero-order valence-corrected chi connectivity index (χ0v) is 16.4. The number of carbonyl (C=O) groups is 2. The molecular weight excluding hydrogens is 385 g/mol. The van der Waals surface area contributed by atoms with Gasteiger partial charge >= 0.3 is 0 Å². The van der Waals surface area contributed by atoms with Crippen LogP contribution in [0.2, 0.25) is 10.0 Å². The van der Waals surface area contributed by atoms with E-state index < -0.39 is 5.54 Å². The Bertz CT molecular complexity index is 1000. The number of halogens is 2. The van der Waals surface area contributed by atoms with Crippen molar-refractivity contribution in [3.05, 3.63) is 63.6 Å². The van der Waals surface area contributed by atoms with Crippen molar-refractivity contribution in [2.45, 2.75) is 25.8 Å². The molecule has 2 heterocycles. The normalized spacial score (nSPS) is 21.0. The first-order valence-electron chi connectivity index (χ1n) is 8.65. The molecule has 27 heavy (non-hydrogen) atoms. The van der Waals surface area contributed by atoms with E-state index >= 15 is 0 Å². The Morgan fingerprint density at radius 3 is 2.63 bits per heavy atom. The van der Waals surface area contributed by atoms with Gasteiger partial charge in [0.15, 0.2) is 5.54 Å². The molecule has 0 aliphatic carbocycles. The number of nitrogens with zero attached hydrogens (tertiary/aromatic N) is 3. The highest BCUT2D eigenvalue weighted by Gasteiger charge is 2.59. The third-order valence-electron chi connectivity index (χ3n) is 5.10. The SMILES string of the molecule is CCN1C(=O)C2(CC(c3ccc(Cl)cc3Cl)=NN2C(C)=O)c2ccccc21. The number of hydrogen-bond donors (Lipinski definition) is 0. The Balaban J connectivity index is 1.89. The second-order valence-electron chi connectivity index (χ2n) is 6.61. The highest BCUT2D eigenvalue weighted by molar-refractivity contribution is 6.37. The average Bonchev–Trinajstić information content (AvgIpc) is 3.14. The van der Waals surface area contributed by atoms with Crippen molar-refractivity contribution in [1.29, 1.82) is 0 Å². The van der Waals surface area contributed by atoms with Crippen molar-refractivity contribution < 1.29 is 9.59 Å². The van der Waals surface area contributed by atoms with Gasteiger partial charge in [-0.1, -0.05) is 47.5 Å². The predicted molar refractivity (Wildman–Crippen MR) is 106 cm³/mol. The average molecular weight is 402 g/mol. The van der Waals surface area contributed by atoms with E-state index in [2.05, 4.69) is 5.10 Å². The number of fused-ring (bicyclic) bond motifs is 2. The molecular formula is C20H17Cl2N3O2. The van der Waals surface area contributed by atoms with E-state index in [1.54, 1.807) is 23.1 Å². The molecule has 0 N–H and O–H groups in total. The predicted octanol–water partition coefficient (Wildman–Crippen LogP) is 4.21. The molecule has 0 bridgehead atoms. The minimum Gasteiger partial charge on any atom is -0.310 e. The number of carbonyl (C=O) groups excluding carboxylic acids is 2. The first-order chi connectivity index (χ1) is 12.9. The van der Waals surface area contributed by atoms with Crippen molar-refractivity contribution in [2.75, 3.05) is 11.4 Å². The molecule has 5 nitrogen and oxygen atoms in total. The topological polar surface area (TPSA) is 53.0 Å². The summed E-state index contributed by atoms with van der Waals surface area (Å²) in [5, 5.41) is 6.79. The van der Waals surface area contributed by atoms with Crippen LogP contribution in [0.15, 0.2) is 47.6 Å². The summed E-state index contributed by atoms with van der Waals surface area (Å²) in [4.78, 5) is 27.6. The van der Waals surface area contributed by atoms with Gasteiger partial charge in [0.2, 0.25) is 5.91 Å². The Hall–Kier alpha value is -2.37. The second-order valence-corrected chi connectivity index (χ2v) is 7.45. The minimum absolute atomic E-state index is 0.148. The van der Waals surface area contributed by atoms with E-state index in [0.29, 0.717) is 27.9 Å². The van der Waals surface area contributed by atoms with E-state index in [1.807, 2.05) is 31.2 Å². The molecule has 1 atom stereocenters. The lowest BCUT2D eigenvalue weighted by molar-refractivity contribution is -0.143. The van der Waals surface area contributed by atoms with Gasteiger partial charge in [-0.3, -0.25) is 9.59 Å². The maximum Gasteiger partial charge on any atom is 0.260 e. The molecule has 1 spiro atoms. The number of para-hydroxylation sites is 1. The summed E-state index contributed by atoms with van der Waals surface area (Å²) in [6, 6.07) is 12.7. The standard InChI is InChI=1S/C20H17Cl2N3O2/c1-3-24-18-7-5-4-6-15(18)20(19(24)27)11-17(23-25(20)12(2)26)14-9-8-13(21)10-16(14)22/h4-10H,3,11H2,1-2H3. The monoisotopic (exact) mass is 401 g/mol. The van der Waals surface area contributed by atoms with Crippen LogP contribution in [-0.2, 0) is 15.1 Å². The molecule has 0 aromatic heterocycles. The lowest BCUT2D eigenvalue weighted by atomic mass is 9.85. The summed E-state index contributed by atoms with van der Waals surface area (Å²) in [6.45, 7) is 3.85. The molecule has 4 rings (SSSR count). The number of amides is 2. The summed E-state index contributed by atoms with van der Waals surface area (Å²) in [7, 11) is 0. The fourth-order valence-corrected chi connectivity index (χ4v) is 4.48. The van der Waals surface area contributed by atoms with Gasteiger partial charge < -0.3 is 4.90 Å². The zero-order chi connectivity index (χ0) is 19.3. The van der Waals surface area contributed by atoms with Crippen molar-refractivity contribution in [3.63, 3.8) is 0 Å². The molecule has 0 fully saturated rings. The van der Waals surface area contributed by atoms with Gasteiger partial charge in [-0.05, 0) is 25.1 Å². The van der Waals surface area contributed by atoms with E-state index in [0.717, 1.165) is 11.3 Å². The summed E-state index contributed by atoms with van der Waals surface area (Å²) in [5.74, 6) is -0.443. The number of hydrazone groups is 1. The highest BCUT2D eigenvalue weighted by Crippen LogP contribution is 2.50. The van der Waals surface area contributed by atoms with Crippen LogP contribution < -0.4 is 4.90 Å². The molecule has 2 amide bonds. The minimum atomic E-state index is -1.17. The van der Waals surface area contributed by atoms with Gasteiger partial charge in [0.25, 0.3) is 5.91 Å². The van der Waals surface area contributed by atoms with E-state index in [4.69, 9.17) is 23.2 Å². The van der Waals surface area contributed by atoms with Crippen molar-refractivity contribution in [3.8, 4) is 0 Å². The van der Waals surface area contributed by atoms with Crippen LogP contribution in [0.25, 0.3) is 0 Å². The summed E-state index contributed by atoms with van der Waals surface area (Å²) >= 11 is 12.4. The maximum absolute atomic E-state index is 13.5. The van der Waals surface area contributed by atoms with Gasteiger partial charge in [0.1, 0.15) is 0 Å². The third-order valence-corrected chi connectivity index (χ3v) is 5.65. The van der Waals surface area contributed by atoms with Crippen LogP contribution in [0, 0.1) is 0 Å². The van der Waals surface area contributed by atoms with Gasteiger partial charge in [-0.2, -0.15) is 5.10 Å². The number of likely N-dealkylation sites (N-methyl/N-ethyl adjacent to an activating group) is 1. The zero-order valence-electron chi connectivity index (χ0n) is 14.9. The smallest absolute Gasteiger partial charge is 0.260 e. The summed E-state index contributed by atoms with van der Waals surface area (Å²) in [6.07, 6.45) is 0.264. The van der Waals surface area contributed by atoms with Crippen LogP contribution in [0.1, 0.15) is 31.4 Å². The molecule has 0 radical (unpaired) electrons. The molecule has 0 saturated heterocycles. The molecule has 2 aliphatic rings. The number of benzene rings is 2. The van der Waals surface area contributed by atoms with Crippen molar-refractivity contribution in [1.82, 2.24) is 5.01 Å². The van der Waals surface area contributed by atoms with Crippen LogP contribution in [0.3, 0.4) is 0 Å². The second kappa shape index (κ2) is 6.36. The van der Waals surface area contributed by atoms with Crippen LogP contribution >= 0.6 is 23.2 Å². The van der Waals surface area contributed by atoms with Crippen molar-refractivity contribution in [2.24, 2.45) is 5.10 Å². The number of hydrogen-bond acceptors (Lipinski definition) is 3. The van der Waals surface area contributed by atoms with Gasteiger partial charge in [-0.25, -0.2) is 5.01 Å². The lowest BCUT2D eigenvalue weighted by Crippen LogP contribution is -2.50. The number of anilines is 1. The first kappa shape index (κ1) is 18.0. The molecule has 1 unspecified atom stereocenters. The van der Waals surface area contributed by atoms with Crippen LogP contribution in [0.5, 0.6) is 0 Å². The molecule has 2 aromatic rings. The van der Waals surface area contributed by atoms with Gasteiger partial charge in [0, 0.05) is 41.7 Å². The summed E-state index contributed by atoms with van der Waals surface area (Å²) in [5.41, 5.74) is 1.69. The highest BCUT2D eigenvalue weighted by atomic mass is 35.5. The van der Waals surface area contributed by atoms with Crippen molar-refractivity contribution >= 4 is 46.4 Å². The molecule has 2 aromatic carbocycles. The van der Waals surface area contributed by atoms with E-state index in [9.17, 15) is 9.59 Å². The molecule has 7 heteroatoms. The molecule has 0 saturated carbocycles.